The molecule has 4 nitrogen and oxygen atoms in total. The number of hydrogen-bond donors (Lipinski definition) is 1. The molecule has 0 amide bonds. The third kappa shape index (κ3) is 1.08. The van der Waals surface area contributed by atoms with Crippen LogP contribution in [0.5, 0.6) is 0 Å². The van der Waals surface area contributed by atoms with Crippen LogP contribution in [0.1, 0.15) is 5.56 Å². The molecule has 14 heavy (non-hydrogen) atoms. The van der Waals surface area contributed by atoms with Gasteiger partial charge in [0.1, 0.15) is 0 Å². The first-order valence-electron chi connectivity index (χ1n) is 4.50. The van der Waals surface area contributed by atoms with E-state index < -0.39 is 0 Å². The molecule has 1 aromatic carbocycles. The van der Waals surface area contributed by atoms with Crippen LogP contribution in [0.4, 0.5) is 0 Å². The fourth-order valence-corrected chi connectivity index (χ4v) is 1.62. The van der Waals surface area contributed by atoms with Crippen molar-refractivity contribution in [3.63, 3.8) is 0 Å². The van der Waals surface area contributed by atoms with E-state index in [4.69, 9.17) is 5.73 Å². The third-order valence-electron chi connectivity index (χ3n) is 2.62. The summed E-state index contributed by atoms with van der Waals surface area (Å²) in [7, 11) is 3.62. The Morgan fingerprint density at radius 2 is 2.00 bits per heavy atom. The van der Waals surface area contributed by atoms with Gasteiger partial charge in [-0.3, -0.25) is 14.2 Å². The summed E-state index contributed by atoms with van der Waals surface area (Å²) in [6, 6.07) is 5.68. The lowest BCUT2D eigenvalue weighted by Gasteiger charge is -2.00. The van der Waals surface area contributed by atoms with Crippen LogP contribution in [0.25, 0.3) is 10.9 Å². The number of benzene rings is 1. The van der Waals surface area contributed by atoms with Crippen LogP contribution in [0.2, 0.25) is 0 Å². The average Bonchev–Trinajstić information content (AvgIpc) is 2.44. The first-order valence-corrected chi connectivity index (χ1v) is 4.50. The van der Waals surface area contributed by atoms with Gasteiger partial charge in [0.25, 0.3) is 5.56 Å². The zero-order valence-corrected chi connectivity index (χ0v) is 8.32. The van der Waals surface area contributed by atoms with Gasteiger partial charge in [-0.1, -0.05) is 6.07 Å². The van der Waals surface area contributed by atoms with Crippen LogP contribution in [-0.2, 0) is 20.6 Å². The van der Waals surface area contributed by atoms with Crippen LogP contribution in [-0.4, -0.2) is 9.36 Å². The van der Waals surface area contributed by atoms with E-state index >= 15 is 0 Å². The summed E-state index contributed by atoms with van der Waals surface area (Å²) in [4.78, 5) is 11.7. The number of rotatable bonds is 1. The van der Waals surface area contributed by atoms with E-state index in [2.05, 4.69) is 0 Å². The first kappa shape index (κ1) is 9.02. The molecule has 0 aliphatic heterocycles. The fourth-order valence-electron chi connectivity index (χ4n) is 1.62. The highest BCUT2D eigenvalue weighted by Crippen LogP contribution is 2.12. The normalized spacial score (nSPS) is 11.1. The lowest BCUT2D eigenvalue weighted by molar-refractivity contribution is 0.595. The largest absolute Gasteiger partial charge is 0.326 e. The van der Waals surface area contributed by atoms with Gasteiger partial charge in [0.15, 0.2) is 0 Å². The SMILES string of the molecule is Cn1c(=O)c2ccc(CN)cc2n1C. The predicted octanol–water partition coefficient (Wildman–Crippen LogP) is 0.336. The van der Waals surface area contributed by atoms with E-state index in [9.17, 15) is 4.79 Å². The molecule has 2 rings (SSSR count). The highest BCUT2D eigenvalue weighted by atomic mass is 16.1. The minimum atomic E-state index is 0.0334. The Kier molecular flexibility index (Phi) is 1.93. The van der Waals surface area contributed by atoms with Gasteiger partial charge in [0.05, 0.1) is 10.9 Å². The van der Waals surface area contributed by atoms with E-state index in [0.717, 1.165) is 16.5 Å². The number of nitrogens with zero attached hydrogens (tertiary/aromatic N) is 2. The predicted molar refractivity (Wildman–Crippen MR) is 56.1 cm³/mol. The Bertz CT molecular complexity index is 536. The number of aryl methyl sites for hydroxylation is 1. The van der Waals surface area contributed by atoms with E-state index in [1.165, 1.54) is 0 Å². The maximum Gasteiger partial charge on any atom is 0.274 e. The van der Waals surface area contributed by atoms with Crippen LogP contribution < -0.4 is 11.3 Å². The van der Waals surface area contributed by atoms with Gasteiger partial charge in [-0.25, -0.2) is 0 Å². The zero-order valence-electron chi connectivity index (χ0n) is 8.32. The second-order valence-corrected chi connectivity index (χ2v) is 3.41. The van der Waals surface area contributed by atoms with Crippen LogP contribution in [0, 0.1) is 0 Å². The molecule has 0 unspecified atom stereocenters. The zero-order chi connectivity index (χ0) is 10.3. The lowest BCUT2D eigenvalue weighted by Crippen LogP contribution is -2.16. The minimum absolute atomic E-state index is 0.0334. The number of fused-ring (bicyclic) bond motifs is 1. The molecule has 0 bridgehead atoms. The van der Waals surface area contributed by atoms with Gasteiger partial charge >= 0.3 is 0 Å². The standard InChI is InChI=1S/C10H13N3O/c1-12-9-5-7(6-11)3-4-8(9)10(14)13(12)2/h3-5H,6,11H2,1-2H3. The number of nitrogens with two attached hydrogens (primary N) is 1. The lowest BCUT2D eigenvalue weighted by atomic mass is 10.2. The Balaban J connectivity index is 2.89. The van der Waals surface area contributed by atoms with Gasteiger partial charge in [0, 0.05) is 20.6 Å². The van der Waals surface area contributed by atoms with Gasteiger partial charge in [-0.05, 0) is 17.7 Å². The van der Waals surface area contributed by atoms with E-state index in [1.54, 1.807) is 11.7 Å². The number of aromatic nitrogens is 2. The maximum atomic E-state index is 11.7. The third-order valence-corrected chi connectivity index (χ3v) is 2.62. The second-order valence-electron chi connectivity index (χ2n) is 3.41. The summed E-state index contributed by atoms with van der Waals surface area (Å²) in [5, 5.41) is 0.743. The first-order chi connectivity index (χ1) is 6.65. The van der Waals surface area contributed by atoms with E-state index in [1.807, 2.05) is 29.9 Å². The quantitative estimate of drug-likeness (QED) is 0.706. The highest BCUT2D eigenvalue weighted by molar-refractivity contribution is 5.79. The number of hydrogen-bond acceptors (Lipinski definition) is 2. The Morgan fingerprint density at radius 1 is 1.29 bits per heavy atom. The molecule has 0 atom stereocenters. The Hall–Kier alpha value is -1.55. The van der Waals surface area contributed by atoms with E-state index in [0.29, 0.717) is 6.54 Å². The molecule has 1 heterocycles. The molecule has 0 saturated heterocycles. The van der Waals surface area contributed by atoms with Gasteiger partial charge in [0.2, 0.25) is 0 Å². The Morgan fingerprint density at radius 3 is 2.64 bits per heavy atom. The molecule has 4 heteroatoms. The molecule has 74 valence electrons. The van der Waals surface area contributed by atoms with Crippen molar-refractivity contribution in [3.05, 3.63) is 34.1 Å². The van der Waals surface area contributed by atoms with Crippen molar-refractivity contribution < 1.29 is 0 Å². The van der Waals surface area contributed by atoms with Crippen molar-refractivity contribution in [1.29, 1.82) is 0 Å². The summed E-state index contributed by atoms with van der Waals surface area (Å²) < 4.78 is 3.42. The minimum Gasteiger partial charge on any atom is -0.326 e. The van der Waals surface area contributed by atoms with Crippen LogP contribution in [0.3, 0.4) is 0 Å². The molecule has 0 spiro atoms. The van der Waals surface area contributed by atoms with Crippen molar-refractivity contribution in [1.82, 2.24) is 9.36 Å². The second kappa shape index (κ2) is 2.99. The summed E-state index contributed by atoms with van der Waals surface area (Å²) in [5.74, 6) is 0. The van der Waals surface area contributed by atoms with Crippen LogP contribution >= 0.6 is 0 Å². The van der Waals surface area contributed by atoms with Crippen molar-refractivity contribution in [2.24, 2.45) is 19.8 Å². The summed E-state index contributed by atoms with van der Waals surface area (Å²) >= 11 is 0. The van der Waals surface area contributed by atoms with Crippen LogP contribution in [0.15, 0.2) is 23.0 Å². The molecular formula is C10H13N3O. The molecule has 0 aliphatic carbocycles. The molecule has 0 saturated carbocycles. The molecule has 0 radical (unpaired) electrons. The molecule has 1 aromatic heterocycles. The van der Waals surface area contributed by atoms with Crippen molar-refractivity contribution in [2.45, 2.75) is 6.54 Å². The van der Waals surface area contributed by atoms with Crippen molar-refractivity contribution >= 4 is 10.9 Å². The van der Waals surface area contributed by atoms with Crippen molar-refractivity contribution in [2.75, 3.05) is 0 Å². The molecule has 0 aliphatic rings. The van der Waals surface area contributed by atoms with E-state index in [-0.39, 0.29) is 5.56 Å². The average molecular weight is 191 g/mol. The molecule has 0 fully saturated rings. The van der Waals surface area contributed by atoms with Gasteiger partial charge in [-0.15, -0.1) is 0 Å². The monoisotopic (exact) mass is 191 g/mol. The summed E-state index contributed by atoms with van der Waals surface area (Å²) in [6.07, 6.45) is 0. The van der Waals surface area contributed by atoms with Gasteiger partial charge < -0.3 is 5.73 Å². The molecule has 2 N–H and O–H groups in total. The van der Waals surface area contributed by atoms with Gasteiger partial charge in [-0.2, -0.15) is 0 Å². The highest BCUT2D eigenvalue weighted by Gasteiger charge is 2.07. The summed E-state index contributed by atoms with van der Waals surface area (Å²) in [6.45, 7) is 0.499. The topological polar surface area (TPSA) is 52.9 Å². The molecule has 2 aromatic rings. The molecular weight excluding hydrogens is 178 g/mol. The smallest absolute Gasteiger partial charge is 0.274 e. The fraction of sp³-hybridized carbons (Fsp3) is 0.300. The summed E-state index contributed by atoms with van der Waals surface area (Å²) in [5.41, 5.74) is 7.55. The maximum absolute atomic E-state index is 11.7. The Labute approximate surface area is 81.5 Å². The van der Waals surface area contributed by atoms with Crippen molar-refractivity contribution in [3.8, 4) is 0 Å².